The Morgan fingerprint density at radius 2 is 1.38 bits per heavy atom. The van der Waals surface area contributed by atoms with Gasteiger partial charge in [0.25, 0.3) is 0 Å². The molecule has 17 heteroatoms. The van der Waals surface area contributed by atoms with Gasteiger partial charge in [-0.1, -0.05) is 6.92 Å². The molecule has 3 aliphatic rings. The molecule has 3 fully saturated rings. The van der Waals surface area contributed by atoms with Crippen LogP contribution in [-0.2, 0) is 18.9 Å². The zero-order valence-corrected chi connectivity index (χ0v) is 22.3. The first-order valence-corrected chi connectivity index (χ1v) is 13.5. The van der Waals surface area contributed by atoms with Crippen molar-refractivity contribution in [2.75, 3.05) is 32.9 Å². The molecule has 0 aromatic carbocycles. The number of nitrogens with one attached hydrogen (secondary N) is 2. The highest BCUT2D eigenvalue weighted by Crippen LogP contribution is 2.32. The van der Waals surface area contributed by atoms with E-state index in [9.17, 15) is 46.0 Å². The molecule has 0 bridgehead atoms. The van der Waals surface area contributed by atoms with E-state index < -0.39 is 118 Å². The van der Waals surface area contributed by atoms with Crippen LogP contribution in [0.15, 0.2) is 0 Å². The Morgan fingerprint density at radius 3 is 1.98 bits per heavy atom. The van der Waals surface area contributed by atoms with Gasteiger partial charge in [-0.05, 0) is 13.0 Å². The van der Waals surface area contributed by atoms with Crippen LogP contribution in [0.3, 0.4) is 0 Å². The minimum Gasteiger partial charge on any atom is -0.395 e. The van der Waals surface area contributed by atoms with E-state index in [0.29, 0.717) is 6.54 Å². The van der Waals surface area contributed by atoms with E-state index in [1.54, 1.807) is 0 Å². The van der Waals surface area contributed by atoms with Crippen LogP contribution >= 0.6 is 0 Å². The molecule has 2 aliphatic heterocycles. The SMILES string of the molecule is CCNC[C@H]1O[C@H](OC2[C@@H](N)C[C@@H](NC(CO)CO)[C@H](O[C@H]3O[C@H](CO)[C@@H](O)[C@H](N)[C@H]3O)[C@H]2O)[C@H](O)[C@@H](O)[C@@H]1O. The maximum atomic E-state index is 11.4. The summed E-state index contributed by atoms with van der Waals surface area (Å²) in [6, 6.07) is -3.85. The molecule has 236 valence electrons. The molecule has 0 radical (unpaired) electrons. The Hall–Kier alpha value is -0.680. The fourth-order valence-electron chi connectivity index (χ4n) is 5.25. The topological polar surface area (TPSA) is 295 Å². The van der Waals surface area contributed by atoms with Gasteiger partial charge >= 0.3 is 0 Å². The summed E-state index contributed by atoms with van der Waals surface area (Å²) in [6.45, 7) is 0.948. The average molecular weight is 587 g/mol. The number of rotatable bonds is 12. The molecule has 15 atom stereocenters. The van der Waals surface area contributed by atoms with Crippen molar-refractivity contribution >= 4 is 0 Å². The summed E-state index contributed by atoms with van der Waals surface area (Å²) in [4.78, 5) is 0. The summed E-state index contributed by atoms with van der Waals surface area (Å²) < 4.78 is 23.0. The van der Waals surface area contributed by atoms with Crippen LogP contribution in [0.2, 0.25) is 0 Å². The van der Waals surface area contributed by atoms with Gasteiger partial charge in [0.05, 0.1) is 31.9 Å². The van der Waals surface area contributed by atoms with Gasteiger partial charge in [-0.25, -0.2) is 0 Å². The zero-order valence-electron chi connectivity index (χ0n) is 22.3. The van der Waals surface area contributed by atoms with Crippen molar-refractivity contribution in [3.63, 3.8) is 0 Å². The first-order valence-electron chi connectivity index (χ1n) is 13.5. The number of likely N-dealkylation sites (N-methyl/N-ethyl adjacent to an activating group) is 1. The normalized spacial score (nSPS) is 46.6. The average Bonchev–Trinajstić information content (AvgIpc) is 2.94. The summed E-state index contributed by atoms with van der Waals surface area (Å²) >= 11 is 0. The highest BCUT2D eigenvalue weighted by atomic mass is 16.7. The lowest BCUT2D eigenvalue weighted by molar-refractivity contribution is -0.333. The highest BCUT2D eigenvalue weighted by molar-refractivity contribution is 5.03. The minimum absolute atomic E-state index is 0.0264. The molecule has 3 rings (SSSR count). The molecule has 0 amide bonds. The maximum Gasteiger partial charge on any atom is 0.187 e. The fraction of sp³-hybridized carbons (Fsp3) is 1.00. The highest BCUT2D eigenvalue weighted by Gasteiger charge is 2.52. The lowest BCUT2D eigenvalue weighted by atomic mass is 9.83. The Balaban J connectivity index is 1.83. The van der Waals surface area contributed by atoms with Crippen LogP contribution < -0.4 is 22.1 Å². The van der Waals surface area contributed by atoms with Crippen molar-refractivity contribution in [2.24, 2.45) is 11.5 Å². The quantitative estimate of drug-likeness (QED) is 0.101. The van der Waals surface area contributed by atoms with Crippen LogP contribution in [0.4, 0.5) is 0 Å². The zero-order chi connectivity index (χ0) is 29.7. The first-order chi connectivity index (χ1) is 19.0. The van der Waals surface area contributed by atoms with Crippen LogP contribution in [0.5, 0.6) is 0 Å². The van der Waals surface area contributed by atoms with E-state index in [4.69, 9.17) is 30.4 Å². The standard InChI is InChI=1S/C23H46N4O13/c1-2-26-4-11-15(32)17(34)18(35)23(37-11)39-20-9(24)3-10(27-8(5-28)6-29)21(19(20)36)40-22-16(33)13(25)14(31)12(7-30)38-22/h8-23,26-36H,2-7,24-25H2,1H3/t9-,10+,11+,12+,13-,14+,15+,16+,17-,18+,19-,20?,21-,22+,23+/m0/s1. The van der Waals surface area contributed by atoms with Gasteiger partial charge in [-0.2, -0.15) is 0 Å². The third kappa shape index (κ3) is 7.44. The molecule has 0 aromatic rings. The molecule has 1 aliphatic carbocycles. The van der Waals surface area contributed by atoms with Crippen molar-refractivity contribution < 1.29 is 64.9 Å². The summed E-state index contributed by atoms with van der Waals surface area (Å²) in [7, 11) is 0. The third-order valence-corrected chi connectivity index (χ3v) is 7.69. The largest absolute Gasteiger partial charge is 0.395 e. The number of nitrogens with two attached hydrogens (primary N) is 2. The Labute approximate surface area is 231 Å². The molecule has 1 saturated carbocycles. The number of aliphatic hydroxyl groups is 9. The minimum atomic E-state index is -1.69. The maximum absolute atomic E-state index is 11.4. The van der Waals surface area contributed by atoms with Crippen LogP contribution in [0.1, 0.15) is 13.3 Å². The molecule has 2 saturated heterocycles. The lowest BCUT2D eigenvalue weighted by Crippen LogP contribution is -2.69. The number of ether oxygens (including phenoxy) is 4. The number of hydrogen-bond donors (Lipinski definition) is 13. The predicted molar refractivity (Wildman–Crippen MR) is 134 cm³/mol. The predicted octanol–water partition coefficient (Wildman–Crippen LogP) is -7.66. The molecule has 0 spiro atoms. The smallest absolute Gasteiger partial charge is 0.187 e. The Kier molecular flexibility index (Phi) is 12.8. The van der Waals surface area contributed by atoms with E-state index in [1.807, 2.05) is 6.92 Å². The van der Waals surface area contributed by atoms with Gasteiger partial charge in [-0.15, -0.1) is 0 Å². The number of aliphatic hydroxyl groups excluding tert-OH is 9. The van der Waals surface area contributed by atoms with Crippen molar-refractivity contribution in [1.82, 2.24) is 10.6 Å². The van der Waals surface area contributed by atoms with Crippen LogP contribution in [-0.4, -0.2) is 177 Å². The van der Waals surface area contributed by atoms with Crippen molar-refractivity contribution in [3.8, 4) is 0 Å². The molecule has 1 unspecified atom stereocenters. The van der Waals surface area contributed by atoms with Crippen molar-refractivity contribution in [2.45, 2.75) is 111 Å². The Bertz CT molecular complexity index is 756. The van der Waals surface area contributed by atoms with Gasteiger partial charge < -0.3 is 87.0 Å². The second-order valence-corrected chi connectivity index (χ2v) is 10.5. The van der Waals surface area contributed by atoms with Crippen LogP contribution in [0, 0.1) is 0 Å². The van der Waals surface area contributed by atoms with E-state index in [2.05, 4.69) is 10.6 Å². The van der Waals surface area contributed by atoms with Gasteiger partial charge in [0.2, 0.25) is 0 Å². The van der Waals surface area contributed by atoms with Crippen LogP contribution in [0.25, 0.3) is 0 Å². The molecule has 15 N–H and O–H groups in total. The van der Waals surface area contributed by atoms with E-state index in [0.717, 1.165) is 0 Å². The van der Waals surface area contributed by atoms with E-state index in [1.165, 1.54) is 0 Å². The summed E-state index contributed by atoms with van der Waals surface area (Å²) in [5.41, 5.74) is 12.2. The summed E-state index contributed by atoms with van der Waals surface area (Å²) in [5.74, 6) is 0. The molecular weight excluding hydrogens is 540 g/mol. The van der Waals surface area contributed by atoms with Gasteiger partial charge in [0, 0.05) is 18.6 Å². The monoisotopic (exact) mass is 586 g/mol. The van der Waals surface area contributed by atoms with Gasteiger partial charge in [-0.3, -0.25) is 0 Å². The first kappa shape index (κ1) is 33.8. The molecule has 0 aromatic heterocycles. The molecule has 40 heavy (non-hydrogen) atoms. The summed E-state index contributed by atoms with van der Waals surface area (Å²) in [5, 5.41) is 98.0. The molecule has 17 nitrogen and oxygen atoms in total. The fourth-order valence-corrected chi connectivity index (χ4v) is 5.25. The Morgan fingerprint density at radius 1 is 0.775 bits per heavy atom. The van der Waals surface area contributed by atoms with E-state index >= 15 is 0 Å². The third-order valence-electron chi connectivity index (χ3n) is 7.69. The summed E-state index contributed by atoms with van der Waals surface area (Å²) in [6.07, 6.45) is -17.0. The van der Waals surface area contributed by atoms with Crippen molar-refractivity contribution in [1.29, 1.82) is 0 Å². The second kappa shape index (κ2) is 15.2. The van der Waals surface area contributed by atoms with Gasteiger partial charge in [0.1, 0.15) is 61.0 Å². The second-order valence-electron chi connectivity index (χ2n) is 10.5. The van der Waals surface area contributed by atoms with Crippen molar-refractivity contribution in [3.05, 3.63) is 0 Å². The molecule has 2 heterocycles. The lowest BCUT2D eigenvalue weighted by Gasteiger charge is -2.49. The molecular formula is C23H46N4O13. The van der Waals surface area contributed by atoms with Gasteiger partial charge in [0.15, 0.2) is 12.6 Å². The number of hydrogen-bond acceptors (Lipinski definition) is 17. The van der Waals surface area contributed by atoms with E-state index in [-0.39, 0.29) is 13.0 Å².